The molecule has 0 aliphatic carbocycles. The van der Waals surface area contributed by atoms with Gasteiger partial charge in [0.1, 0.15) is 22.8 Å². The molecule has 0 spiro atoms. The van der Waals surface area contributed by atoms with Gasteiger partial charge >= 0.3 is 5.97 Å². The van der Waals surface area contributed by atoms with Crippen LogP contribution in [-0.4, -0.2) is 38.2 Å². The molecular weight excluding hydrogens is 364 g/mol. The third kappa shape index (κ3) is 4.43. The second-order valence-electron chi connectivity index (χ2n) is 5.85. The summed E-state index contributed by atoms with van der Waals surface area (Å²) in [7, 11) is 4.43. The molecule has 2 aromatic carbocycles. The molecule has 148 valence electrons. The lowest BCUT2D eigenvalue weighted by atomic mass is 10.1. The number of carbonyl (C=O) groups is 2. The Kier molecular flexibility index (Phi) is 6.65. The van der Waals surface area contributed by atoms with Crippen molar-refractivity contribution in [3.8, 4) is 17.2 Å². The number of phenolic OH excluding ortho intramolecular Hbond substituents is 1. The minimum absolute atomic E-state index is 0.0108. The fourth-order valence-electron chi connectivity index (χ4n) is 2.54. The van der Waals surface area contributed by atoms with Gasteiger partial charge in [0, 0.05) is 10.9 Å². The van der Waals surface area contributed by atoms with Gasteiger partial charge in [-0.25, -0.2) is 4.79 Å². The normalized spacial score (nSPS) is 10.0. The molecule has 0 atom stereocenters. The van der Waals surface area contributed by atoms with E-state index in [0.29, 0.717) is 11.3 Å². The van der Waals surface area contributed by atoms with Crippen LogP contribution in [-0.2, 0) is 4.74 Å². The first-order chi connectivity index (χ1) is 13.3. The van der Waals surface area contributed by atoms with Gasteiger partial charge in [0.2, 0.25) is 5.76 Å². The summed E-state index contributed by atoms with van der Waals surface area (Å²) in [5.74, 6) is 0.888. The molecule has 0 saturated carbocycles. The lowest BCUT2D eigenvalue weighted by molar-refractivity contribution is 0.0566. The number of esters is 1. The number of ketones is 1. The number of hydrogen-bond acceptors (Lipinski definition) is 7. The van der Waals surface area contributed by atoms with Gasteiger partial charge in [0.25, 0.3) is 0 Å². The van der Waals surface area contributed by atoms with E-state index in [-0.39, 0.29) is 22.9 Å². The van der Waals surface area contributed by atoms with Crippen molar-refractivity contribution in [3.63, 3.8) is 0 Å². The van der Waals surface area contributed by atoms with Crippen molar-refractivity contribution < 1.29 is 33.3 Å². The quantitative estimate of drug-likeness (QED) is 0.532. The number of aromatic hydroxyl groups is 1. The molecule has 3 aromatic rings. The van der Waals surface area contributed by atoms with Crippen LogP contribution in [0, 0.1) is 6.92 Å². The van der Waals surface area contributed by atoms with E-state index in [1.165, 1.54) is 33.3 Å². The molecule has 0 bridgehead atoms. The van der Waals surface area contributed by atoms with E-state index < -0.39 is 5.97 Å². The molecule has 0 aliphatic rings. The third-order valence-electron chi connectivity index (χ3n) is 4.10. The van der Waals surface area contributed by atoms with Crippen molar-refractivity contribution in [2.45, 2.75) is 13.8 Å². The van der Waals surface area contributed by atoms with E-state index in [4.69, 9.17) is 13.9 Å². The summed E-state index contributed by atoms with van der Waals surface area (Å²) < 4.78 is 20.1. The minimum Gasteiger partial charge on any atom is -0.507 e. The zero-order chi connectivity index (χ0) is 20.8. The summed E-state index contributed by atoms with van der Waals surface area (Å²) in [6.45, 7) is 3.21. The maximum Gasteiger partial charge on any atom is 0.374 e. The van der Waals surface area contributed by atoms with Crippen LogP contribution in [0.25, 0.3) is 11.0 Å². The van der Waals surface area contributed by atoms with Crippen LogP contribution >= 0.6 is 0 Å². The van der Waals surface area contributed by atoms with Crippen LogP contribution in [0.1, 0.15) is 33.4 Å². The van der Waals surface area contributed by atoms with Crippen molar-refractivity contribution in [1.82, 2.24) is 0 Å². The fourth-order valence-corrected chi connectivity index (χ4v) is 2.54. The highest BCUT2D eigenvalue weighted by atomic mass is 16.5. The first kappa shape index (κ1) is 20.8. The Bertz CT molecular complexity index is 1000. The first-order valence-electron chi connectivity index (χ1n) is 8.35. The Morgan fingerprint density at radius 3 is 2.14 bits per heavy atom. The van der Waals surface area contributed by atoms with Crippen molar-refractivity contribution in [2.24, 2.45) is 0 Å². The maximum atomic E-state index is 11.4. The van der Waals surface area contributed by atoms with Gasteiger partial charge in [-0.15, -0.1) is 0 Å². The van der Waals surface area contributed by atoms with E-state index >= 15 is 0 Å². The SMILES string of the molecule is COC(=O)c1oc2ccc(OC)cc2c1C.COc1ccc(O)c(C(C)=O)c1. The summed E-state index contributed by atoms with van der Waals surface area (Å²) in [6.07, 6.45) is 0. The summed E-state index contributed by atoms with van der Waals surface area (Å²) >= 11 is 0. The molecule has 0 fully saturated rings. The van der Waals surface area contributed by atoms with Gasteiger partial charge < -0.3 is 23.7 Å². The van der Waals surface area contributed by atoms with Gasteiger partial charge in [-0.2, -0.15) is 0 Å². The predicted octanol–water partition coefficient (Wildman–Crippen LogP) is 4.14. The van der Waals surface area contributed by atoms with Gasteiger partial charge in [0.05, 0.1) is 26.9 Å². The second kappa shape index (κ2) is 8.94. The molecule has 0 aliphatic heterocycles. The summed E-state index contributed by atoms with van der Waals surface area (Å²) in [5, 5.41) is 10.1. The number of carbonyl (C=O) groups excluding carboxylic acids is 2. The Labute approximate surface area is 162 Å². The molecular formula is C21H22O7. The van der Waals surface area contributed by atoms with Crippen LogP contribution < -0.4 is 9.47 Å². The zero-order valence-electron chi connectivity index (χ0n) is 16.4. The standard InChI is InChI=1S/C12H12O4.C9H10O3/c1-7-9-6-8(14-2)4-5-10(9)16-11(7)12(13)15-3;1-6(10)8-5-7(12-2)3-4-9(8)11/h4-6H,1-3H3;3-5,11H,1-2H3. The lowest BCUT2D eigenvalue weighted by Gasteiger charge is -2.03. The number of fused-ring (bicyclic) bond motifs is 1. The molecule has 1 N–H and O–H groups in total. The molecule has 0 radical (unpaired) electrons. The summed E-state index contributed by atoms with van der Waals surface area (Å²) in [5.41, 5.74) is 1.70. The van der Waals surface area contributed by atoms with Gasteiger partial charge in [-0.3, -0.25) is 4.79 Å². The number of ether oxygens (including phenoxy) is 3. The Morgan fingerprint density at radius 2 is 1.57 bits per heavy atom. The summed E-state index contributed by atoms with van der Waals surface area (Å²) in [4.78, 5) is 22.3. The Balaban J connectivity index is 0.000000209. The lowest BCUT2D eigenvalue weighted by Crippen LogP contribution is -2.00. The number of benzene rings is 2. The van der Waals surface area contributed by atoms with Crippen LogP contribution in [0.3, 0.4) is 0 Å². The van der Waals surface area contributed by atoms with Crippen molar-refractivity contribution in [2.75, 3.05) is 21.3 Å². The molecule has 0 saturated heterocycles. The van der Waals surface area contributed by atoms with Gasteiger partial charge in [0.15, 0.2) is 5.78 Å². The highest BCUT2D eigenvalue weighted by molar-refractivity contribution is 5.97. The molecule has 7 heteroatoms. The smallest absolute Gasteiger partial charge is 0.374 e. The van der Waals surface area contributed by atoms with Crippen molar-refractivity contribution in [3.05, 3.63) is 53.3 Å². The number of furan rings is 1. The van der Waals surface area contributed by atoms with Gasteiger partial charge in [-0.1, -0.05) is 0 Å². The fraction of sp³-hybridized carbons (Fsp3) is 0.238. The molecule has 0 amide bonds. The summed E-state index contributed by atoms with van der Waals surface area (Å²) in [6, 6.07) is 9.94. The molecule has 1 aromatic heterocycles. The maximum absolute atomic E-state index is 11.4. The number of aryl methyl sites for hydroxylation is 1. The number of Topliss-reactive ketones (excluding diaryl/α,β-unsaturated/α-hetero) is 1. The average Bonchev–Trinajstić information content (AvgIpc) is 3.04. The molecule has 1 heterocycles. The number of rotatable bonds is 4. The van der Waals surface area contributed by atoms with Crippen LogP contribution in [0.15, 0.2) is 40.8 Å². The highest BCUT2D eigenvalue weighted by Gasteiger charge is 2.18. The predicted molar refractivity (Wildman–Crippen MR) is 104 cm³/mol. The number of methoxy groups -OCH3 is 3. The van der Waals surface area contributed by atoms with Crippen LogP contribution in [0.4, 0.5) is 0 Å². The van der Waals surface area contributed by atoms with Gasteiger partial charge in [-0.05, 0) is 50.2 Å². The molecule has 28 heavy (non-hydrogen) atoms. The number of hydrogen-bond donors (Lipinski definition) is 1. The molecule has 0 unspecified atom stereocenters. The second-order valence-corrected chi connectivity index (χ2v) is 5.85. The van der Waals surface area contributed by atoms with Crippen molar-refractivity contribution >= 4 is 22.7 Å². The van der Waals surface area contributed by atoms with E-state index in [2.05, 4.69) is 4.74 Å². The van der Waals surface area contributed by atoms with Crippen LogP contribution in [0.2, 0.25) is 0 Å². The largest absolute Gasteiger partial charge is 0.507 e. The topological polar surface area (TPSA) is 95.2 Å². The first-order valence-corrected chi connectivity index (χ1v) is 8.35. The Morgan fingerprint density at radius 1 is 0.964 bits per heavy atom. The highest BCUT2D eigenvalue weighted by Crippen LogP contribution is 2.29. The Hall–Kier alpha value is -3.48. The van der Waals surface area contributed by atoms with E-state index in [0.717, 1.165) is 16.7 Å². The van der Waals surface area contributed by atoms with Crippen molar-refractivity contribution in [1.29, 1.82) is 0 Å². The third-order valence-corrected chi connectivity index (χ3v) is 4.10. The van der Waals surface area contributed by atoms with Crippen LogP contribution in [0.5, 0.6) is 17.2 Å². The average molecular weight is 386 g/mol. The molecule has 7 nitrogen and oxygen atoms in total. The van der Waals surface area contributed by atoms with E-state index in [9.17, 15) is 14.7 Å². The zero-order valence-corrected chi connectivity index (χ0v) is 16.4. The number of phenols is 1. The van der Waals surface area contributed by atoms with E-state index in [1.54, 1.807) is 25.3 Å². The van der Waals surface area contributed by atoms with E-state index in [1.807, 2.05) is 13.0 Å². The molecule has 3 rings (SSSR count). The monoisotopic (exact) mass is 386 g/mol. The minimum atomic E-state index is -0.465.